The first kappa shape index (κ1) is 20.0. The Balaban J connectivity index is 2.18. The molecule has 2 aromatic carbocycles. The van der Waals surface area contributed by atoms with Crippen LogP contribution in [-0.2, 0) is 14.3 Å². The number of hydrogen-bond donors (Lipinski definition) is 1. The number of methoxy groups -OCH3 is 1. The highest BCUT2D eigenvalue weighted by Gasteiger charge is 2.19. The van der Waals surface area contributed by atoms with Crippen LogP contribution in [0.1, 0.15) is 24.2 Å². The summed E-state index contributed by atoms with van der Waals surface area (Å²) in [5, 5.41) is 2.67. The van der Waals surface area contributed by atoms with Crippen LogP contribution in [0, 0.1) is 0 Å². The van der Waals surface area contributed by atoms with Gasteiger partial charge in [-0.25, -0.2) is 4.79 Å². The van der Waals surface area contributed by atoms with Crippen molar-refractivity contribution in [3.8, 4) is 5.75 Å². The molecule has 0 aliphatic heterocycles. The highest BCUT2D eigenvalue weighted by molar-refractivity contribution is 6.05. The van der Waals surface area contributed by atoms with Gasteiger partial charge in [0.2, 0.25) is 11.8 Å². The molecule has 0 spiro atoms. The summed E-state index contributed by atoms with van der Waals surface area (Å²) in [6, 6.07) is 13.4. The number of para-hydroxylation sites is 1. The Kier molecular flexibility index (Phi) is 6.93. The van der Waals surface area contributed by atoms with E-state index in [2.05, 4.69) is 5.32 Å². The van der Waals surface area contributed by atoms with Crippen molar-refractivity contribution in [2.24, 2.45) is 0 Å². The maximum absolute atomic E-state index is 12.5. The van der Waals surface area contributed by atoms with Gasteiger partial charge in [0, 0.05) is 18.7 Å². The average Bonchev–Trinajstić information content (AvgIpc) is 2.66. The predicted molar refractivity (Wildman–Crippen MR) is 102 cm³/mol. The van der Waals surface area contributed by atoms with E-state index in [0.717, 1.165) is 0 Å². The molecule has 0 bridgehead atoms. The first-order valence-electron chi connectivity index (χ1n) is 8.44. The highest BCUT2D eigenvalue weighted by atomic mass is 16.5. The fourth-order valence-corrected chi connectivity index (χ4v) is 2.48. The molecule has 0 radical (unpaired) electrons. The molecule has 142 valence electrons. The third-order valence-electron chi connectivity index (χ3n) is 3.74. The van der Waals surface area contributed by atoms with Crippen LogP contribution in [0.5, 0.6) is 5.75 Å². The Hall–Kier alpha value is -3.35. The number of hydrogen-bond acceptors (Lipinski definition) is 5. The van der Waals surface area contributed by atoms with Crippen LogP contribution in [0.4, 0.5) is 11.4 Å². The molecule has 2 aromatic rings. The summed E-state index contributed by atoms with van der Waals surface area (Å²) in [6.45, 7) is 3.10. The van der Waals surface area contributed by atoms with Crippen LogP contribution >= 0.6 is 0 Å². The van der Waals surface area contributed by atoms with Crippen molar-refractivity contribution in [1.82, 2.24) is 0 Å². The summed E-state index contributed by atoms with van der Waals surface area (Å²) in [5.41, 5.74) is 1.12. The van der Waals surface area contributed by atoms with Gasteiger partial charge < -0.3 is 19.7 Å². The highest BCUT2D eigenvalue weighted by Crippen LogP contribution is 2.22. The van der Waals surface area contributed by atoms with E-state index in [1.54, 1.807) is 55.5 Å². The third-order valence-corrected chi connectivity index (χ3v) is 3.74. The van der Waals surface area contributed by atoms with Crippen LogP contribution in [0.3, 0.4) is 0 Å². The number of nitrogens with zero attached hydrogens (tertiary/aromatic N) is 1. The molecule has 0 fully saturated rings. The lowest BCUT2D eigenvalue weighted by Crippen LogP contribution is -2.36. The van der Waals surface area contributed by atoms with E-state index in [1.165, 1.54) is 18.9 Å². The molecule has 0 heterocycles. The zero-order valence-electron chi connectivity index (χ0n) is 15.5. The molecule has 7 heteroatoms. The van der Waals surface area contributed by atoms with Crippen LogP contribution in [-0.4, -0.2) is 38.0 Å². The van der Waals surface area contributed by atoms with Gasteiger partial charge >= 0.3 is 5.97 Å². The van der Waals surface area contributed by atoms with Crippen molar-refractivity contribution in [3.05, 3.63) is 54.1 Å². The normalized spacial score (nSPS) is 10.0. The minimum Gasteiger partial charge on any atom is -0.497 e. The van der Waals surface area contributed by atoms with Crippen molar-refractivity contribution in [3.63, 3.8) is 0 Å². The van der Waals surface area contributed by atoms with E-state index < -0.39 is 11.9 Å². The summed E-state index contributed by atoms with van der Waals surface area (Å²) >= 11 is 0. The van der Waals surface area contributed by atoms with Crippen molar-refractivity contribution in [2.45, 2.75) is 13.8 Å². The number of rotatable bonds is 7. The molecular weight excluding hydrogens is 348 g/mol. The molecule has 2 rings (SSSR count). The maximum atomic E-state index is 12.5. The molecule has 1 N–H and O–H groups in total. The number of esters is 1. The van der Waals surface area contributed by atoms with Gasteiger partial charge in [-0.2, -0.15) is 0 Å². The van der Waals surface area contributed by atoms with E-state index in [0.29, 0.717) is 17.1 Å². The van der Waals surface area contributed by atoms with Crippen molar-refractivity contribution >= 4 is 29.2 Å². The van der Waals surface area contributed by atoms with E-state index >= 15 is 0 Å². The Morgan fingerprint density at radius 1 is 1.07 bits per heavy atom. The van der Waals surface area contributed by atoms with E-state index in [4.69, 9.17) is 9.47 Å². The quantitative estimate of drug-likeness (QED) is 0.758. The Bertz CT molecular complexity index is 835. The number of nitrogens with one attached hydrogen (secondary N) is 1. The Labute approximate surface area is 157 Å². The molecule has 0 aliphatic rings. The number of amides is 2. The summed E-state index contributed by atoms with van der Waals surface area (Å²) in [5.74, 6) is -0.682. The van der Waals surface area contributed by atoms with Gasteiger partial charge in [0.15, 0.2) is 0 Å². The van der Waals surface area contributed by atoms with Crippen molar-refractivity contribution < 1.29 is 23.9 Å². The number of benzene rings is 2. The lowest BCUT2D eigenvalue weighted by atomic mass is 10.1. The van der Waals surface area contributed by atoms with E-state index in [1.807, 2.05) is 0 Å². The zero-order valence-corrected chi connectivity index (χ0v) is 15.5. The van der Waals surface area contributed by atoms with Crippen molar-refractivity contribution in [1.29, 1.82) is 0 Å². The van der Waals surface area contributed by atoms with E-state index in [9.17, 15) is 14.4 Å². The number of carbonyl (C=O) groups excluding carboxylic acids is 3. The lowest BCUT2D eigenvalue weighted by molar-refractivity contribution is -0.120. The van der Waals surface area contributed by atoms with Crippen LogP contribution in [0.2, 0.25) is 0 Å². The second kappa shape index (κ2) is 9.38. The Morgan fingerprint density at radius 3 is 2.48 bits per heavy atom. The van der Waals surface area contributed by atoms with Crippen molar-refractivity contribution in [2.75, 3.05) is 30.5 Å². The standard InChI is InChI=1S/C20H22N2O5/c1-4-27-20(25)17-10-5-6-11-18(17)21-19(24)13-22(14(2)23)15-8-7-9-16(12-15)26-3/h5-12H,4,13H2,1-3H3,(H,21,24). The van der Waals surface area contributed by atoms with Gasteiger partial charge in [0.1, 0.15) is 12.3 Å². The minimum atomic E-state index is -0.524. The summed E-state index contributed by atoms with van der Waals surface area (Å²) in [6.07, 6.45) is 0. The SMILES string of the molecule is CCOC(=O)c1ccccc1NC(=O)CN(C(C)=O)c1cccc(OC)c1. The minimum absolute atomic E-state index is 0.209. The third kappa shape index (κ3) is 5.31. The molecule has 2 amide bonds. The first-order chi connectivity index (χ1) is 13.0. The average molecular weight is 370 g/mol. The fourth-order valence-electron chi connectivity index (χ4n) is 2.48. The molecule has 0 saturated heterocycles. The number of ether oxygens (including phenoxy) is 2. The lowest BCUT2D eigenvalue weighted by Gasteiger charge is -2.21. The molecular formula is C20H22N2O5. The van der Waals surface area contributed by atoms with Gasteiger partial charge in [-0.3, -0.25) is 9.59 Å². The molecule has 0 saturated carbocycles. The summed E-state index contributed by atoms with van der Waals surface area (Å²) < 4.78 is 10.2. The number of anilines is 2. The fraction of sp³-hybridized carbons (Fsp3) is 0.250. The maximum Gasteiger partial charge on any atom is 0.340 e. The Morgan fingerprint density at radius 2 is 1.81 bits per heavy atom. The predicted octanol–water partition coefficient (Wildman–Crippen LogP) is 2.86. The van der Waals surface area contributed by atoms with E-state index in [-0.39, 0.29) is 24.6 Å². The number of carbonyl (C=O) groups is 3. The van der Waals surface area contributed by atoms with Gasteiger partial charge in [-0.05, 0) is 31.2 Å². The van der Waals surface area contributed by atoms with Gasteiger partial charge in [-0.1, -0.05) is 18.2 Å². The molecule has 0 aliphatic carbocycles. The largest absolute Gasteiger partial charge is 0.497 e. The van der Waals surface area contributed by atoms with Crippen LogP contribution < -0.4 is 15.0 Å². The topological polar surface area (TPSA) is 84.9 Å². The molecule has 0 aromatic heterocycles. The molecule has 0 atom stereocenters. The second-order valence-corrected chi connectivity index (χ2v) is 5.62. The molecule has 27 heavy (non-hydrogen) atoms. The zero-order chi connectivity index (χ0) is 19.8. The smallest absolute Gasteiger partial charge is 0.340 e. The van der Waals surface area contributed by atoms with Gasteiger partial charge in [-0.15, -0.1) is 0 Å². The van der Waals surface area contributed by atoms with Crippen LogP contribution in [0.15, 0.2) is 48.5 Å². The van der Waals surface area contributed by atoms with Gasteiger partial charge in [0.05, 0.1) is 25.0 Å². The van der Waals surface area contributed by atoms with Gasteiger partial charge in [0.25, 0.3) is 0 Å². The monoisotopic (exact) mass is 370 g/mol. The summed E-state index contributed by atoms with van der Waals surface area (Å²) in [4.78, 5) is 37.9. The molecule has 7 nitrogen and oxygen atoms in total. The summed E-state index contributed by atoms with van der Waals surface area (Å²) in [7, 11) is 1.52. The van der Waals surface area contributed by atoms with Crippen LogP contribution in [0.25, 0.3) is 0 Å². The molecule has 0 unspecified atom stereocenters. The first-order valence-corrected chi connectivity index (χ1v) is 8.44. The second-order valence-electron chi connectivity index (χ2n) is 5.62.